The van der Waals surface area contributed by atoms with Crippen molar-refractivity contribution in [3.63, 3.8) is 0 Å². The maximum absolute atomic E-state index is 12.7. The quantitative estimate of drug-likeness (QED) is 0.447. The van der Waals surface area contributed by atoms with Crippen LogP contribution in [0.15, 0.2) is 58.8 Å². The van der Waals surface area contributed by atoms with Crippen LogP contribution in [0.2, 0.25) is 5.02 Å². The van der Waals surface area contributed by atoms with E-state index >= 15 is 0 Å². The van der Waals surface area contributed by atoms with Gasteiger partial charge in [-0.05, 0) is 35.5 Å². The third kappa shape index (κ3) is 4.32. The van der Waals surface area contributed by atoms with Gasteiger partial charge in [0.25, 0.3) is 11.6 Å². The van der Waals surface area contributed by atoms with E-state index in [1.54, 1.807) is 36.9 Å². The Balaban J connectivity index is 1.84. The number of hydrogen-bond acceptors (Lipinski definition) is 6. The Labute approximate surface area is 170 Å². The lowest BCUT2D eigenvalue weighted by Crippen LogP contribution is -2.26. The number of carbonyl (C=O) groups is 1. The van der Waals surface area contributed by atoms with Crippen molar-refractivity contribution in [1.82, 2.24) is 19.7 Å². The number of hydrogen-bond donors (Lipinski definition) is 0. The number of benzene rings is 2. The Morgan fingerprint density at radius 3 is 2.71 bits per heavy atom. The van der Waals surface area contributed by atoms with Gasteiger partial charge in [-0.25, -0.2) is 0 Å². The largest absolute Gasteiger partial charge is 0.337 e. The molecule has 2 aromatic carbocycles. The van der Waals surface area contributed by atoms with E-state index in [1.807, 2.05) is 18.2 Å². The summed E-state index contributed by atoms with van der Waals surface area (Å²) in [5, 5.41) is 20.3. The van der Waals surface area contributed by atoms with Crippen molar-refractivity contribution in [2.45, 2.75) is 16.6 Å². The van der Waals surface area contributed by atoms with Crippen molar-refractivity contribution in [2.75, 3.05) is 7.05 Å². The molecule has 28 heavy (non-hydrogen) atoms. The molecule has 0 fully saturated rings. The zero-order valence-corrected chi connectivity index (χ0v) is 16.6. The second-order valence-electron chi connectivity index (χ2n) is 6.02. The molecular formula is C18H16ClN5O3S. The molecule has 0 aliphatic heterocycles. The van der Waals surface area contributed by atoms with Gasteiger partial charge in [0.1, 0.15) is 6.33 Å². The topological polar surface area (TPSA) is 94.2 Å². The summed E-state index contributed by atoms with van der Waals surface area (Å²) in [5.41, 5.74) is 0.859. The second kappa shape index (κ2) is 8.41. The number of amides is 1. The molecule has 144 valence electrons. The molecule has 0 aliphatic carbocycles. The molecule has 10 heteroatoms. The molecule has 0 N–H and O–H groups in total. The van der Waals surface area contributed by atoms with Gasteiger partial charge in [0.15, 0.2) is 5.16 Å². The lowest BCUT2D eigenvalue weighted by molar-refractivity contribution is -0.387. The molecule has 0 saturated carbocycles. The first kappa shape index (κ1) is 19.8. The Morgan fingerprint density at radius 1 is 1.32 bits per heavy atom. The Hall–Kier alpha value is -2.91. The van der Waals surface area contributed by atoms with Gasteiger partial charge in [0.05, 0.1) is 9.82 Å². The van der Waals surface area contributed by atoms with Gasteiger partial charge >= 0.3 is 0 Å². The molecule has 0 atom stereocenters. The molecule has 0 unspecified atom stereocenters. The minimum Gasteiger partial charge on any atom is -0.337 e. The van der Waals surface area contributed by atoms with E-state index < -0.39 is 4.92 Å². The lowest BCUT2D eigenvalue weighted by atomic mass is 10.1. The number of carbonyl (C=O) groups excluding carboxylic acids is 1. The molecule has 3 rings (SSSR count). The highest BCUT2D eigenvalue weighted by Gasteiger charge is 2.22. The molecule has 0 saturated heterocycles. The van der Waals surface area contributed by atoms with Crippen LogP contribution in [0.3, 0.4) is 0 Å². The zero-order chi connectivity index (χ0) is 20.3. The third-order valence-corrected chi connectivity index (χ3v) is 5.47. The molecular weight excluding hydrogens is 402 g/mol. The van der Waals surface area contributed by atoms with E-state index in [4.69, 9.17) is 11.6 Å². The maximum atomic E-state index is 12.7. The number of aryl methyl sites for hydroxylation is 1. The Bertz CT molecular complexity index is 1040. The predicted octanol–water partition coefficient (Wildman–Crippen LogP) is 3.80. The molecule has 0 bridgehead atoms. The Morgan fingerprint density at radius 2 is 2.07 bits per heavy atom. The van der Waals surface area contributed by atoms with Gasteiger partial charge in [-0.2, -0.15) is 0 Å². The van der Waals surface area contributed by atoms with Crippen LogP contribution >= 0.6 is 23.4 Å². The van der Waals surface area contributed by atoms with Crippen molar-refractivity contribution in [1.29, 1.82) is 0 Å². The third-order valence-electron chi connectivity index (χ3n) is 3.99. The molecule has 3 aromatic rings. The summed E-state index contributed by atoms with van der Waals surface area (Å²) in [6.07, 6.45) is 1.51. The van der Waals surface area contributed by atoms with Crippen LogP contribution in [-0.2, 0) is 13.6 Å². The lowest BCUT2D eigenvalue weighted by Gasteiger charge is -2.18. The van der Waals surface area contributed by atoms with Crippen LogP contribution in [0.1, 0.15) is 15.9 Å². The standard InChI is InChI=1S/C18H16ClN5O3S/c1-22(10-13-5-3-4-6-14(13)19)17(25)12-7-8-16(15(9-12)24(26)27)28-18-21-20-11-23(18)2/h3-9,11H,10H2,1-2H3. The summed E-state index contributed by atoms with van der Waals surface area (Å²) in [6.45, 7) is 0.293. The van der Waals surface area contributed by atoms with E-state index in [1.165, 1.54) is 17.3 Å². The summed E-state index contributed by atoms with van der Waals surface area (Å²) < 4.78 is 1.66. The van der Waals surface area contributed by atoms with Crippen molar-refractivity contribution in [3.05, 3.63) is 75.1 Å². The van der Waals surface area contributed by atoms with E-state index in [2.05, 4.69) is 10.2 Å². The smallest absolute Gasteiger partial charge is 0.284 e. The highest BCUT2D eigenvalue weighted by Crippen LogP contribution is 2.34. The van der Waals surface area contributed by atoms with E-state index in [0.717, 1.165) is 17.3 Å². The number of halogens is 1. The molecule has 1 amide bonds. The Kier molecular flexibility index (Phi) is 5.96. The van der Waals surface area contributed by atoms with E-state index in [9.17, 15) is 14.9 Å². The summed E-state index contributed by atoms with van der Waals surface area (Å²) in [5.74, 6) is -0.335. The van der Waals surface area contributed by atoms with Gasteiger partial charge in [-0.3, -0.25) is 14.9 Å². The molecule has 1 aromatic heterocycles. The molecule has 0 radical (unpaired) electrons. The van der Waals surface area contributed by atoms with Crippen molar-refractivity contribution in [2.24, 2.45) is 7.05 Å². The minimum absolute atomic E-state index is 0.162. The summed E-state index contributed by atoms with van der Waals surface area (Å²) in [4.78, 5) is 25.6. The second-order valence-corrected chi connectivity index (χ2v) is 7.44. The fraction of sp³-hybridized carbons (Fsp3) is 0.167. The van der Waals surface area contributed by atoms with Crippen LogP contribution in [0.5, 0.6) is 0 Å². The SMILES string of the molecule is CN(Cc1ccccc1Cl)C(=O)c1ccc(Sc2nncn2C)c([N+](=O)[O-])c1. The van der Waals surface area contributed by atoms with Crippen LogP contribution in [0, 0.1) is 10.1 Å². The maximum Gasteiger partial charge on any atom is 0.284 e. The van der Waals surface area contributed by atoms with Crippen LogP contribution < -0.4 is 0 Å². The summed E-state index contributed by atoms with van der Waals surface area (Å²) in [7, 11) is 3.37. The molecule has 0 spiro atoms. The van der Waals surface area contributed by atoms with Gasteiger partial charge in [-0.15, -0.1) is 10.2 Å². The fourth-order valence-corrected chi connectivity index (χ4v) is 3.56. The number of nitro groups is 1. The molecule has 8 nitrogen and oxygen atoms in total. The average molecular weight is 418 g/mol. The highest BCUT2D eigenvalue weighted by molar-refractivity contribution is 7.99. The first-order valence-electron chi connectivity index (χ1n) is 8.16. The van der Waals surface area contributed by atoms with Crippen molar-refractivity contribution in [3.8, 4) is 0 Å². The van der Waals surface area contributed by atoms with E-state index in [-0.39, 0.29) is 17.2 Å². The van der Waals surface area contributed by atoms with Crippen molar-refractivity contribution < 1.29 is 9.72 Å². The highest BCUT2D eigenvalue weighted by atomic mass is 35.5. The number of rotatable bonds is 6. The monoisotopic (exact) mass is 417 g/mol. The molecule has 1 heterocycles. The van der Waals surface area contributed by atoms with Gasteiger partial charge < -0.3 is 9.47 Å². The minimum atomic E-state index is -0.510. The number of aromatic nitrogens is 3. The van der Waals surface area contributed by atoms with Gasteiger partial charge in [-0.1, -0.05) is 29.8 Å². The van der Waals surface area contributed by atoms with Crippen LogP contribution in [-0.4, -0.2) is 37.5 Å². The first-order chi connectivity index (χ1) is 13.4. The normalized spacial score (nSPS) is 10.7. The van der Waals surface area contributed by atoms with E-state index in [0.29, 0.717) is 21.6 Å². The average Bonchev–Trinajstić information content (AvgIpc) is 3.07. The van der Waals surface area contributed by atoms with Gasteiger partial charge in [0.2, 0.25) is 0 Å². The summed E-state index contributed by atoms with van der Waals surface area (Å²) in [6, 6.07) is 11.6. The van der Waals surface area contributed by atoms with Crippen LogP contribution in [0.4, 0.5) is 5.69 Å². The predicted molar refractivity (Wildman–Crippen MR) is 105 cm³/mol. The summed E-state index contributed by atoms with van der Waals surface area (Å²) >= 11 is 7.26. The zero-order valence-electron chi connectivity index (χ0n) is 15.1. The van der Waals surface area contributed by atoms with Crippen LogP contribution in [0.25, 0.3) is 0 Å². The number of nitrogens with zero attached hydrogens (tertiary/aromatic N) is 5. The van der Waals surface area contributed by atoms with Crippen molar-refractivity contribution >= 4 is 35.0 Å². The molecule has 0 aliphatic rings. The first-order valence-corrected chi connectivity index (χ1v) is 9.35. The number of nitro benzene ring substituents is 1. The van der Waals surface area contributed by atoms with Gasteiger partial charge in [0, 0.05) is 37.3 Å². The fourth-order valence-electron chi connectivity index (χ4n) is 2.52.